The van der Waals surface area contributed by atoms with Gasteiger partial charge in [-0.05, 0) is 30.9 Å². The number of nitrogens with one attached hydrogen (secondary N) is 1. The fourth-order valence-corrected chi connectivity index (χ4v) is 2.41. The van der Waals surface area contributed by atoms with Gasteiger partial charge in [0.1, 0.15) is 0 Å². The van der Waals surface area contributed by atoms with Crippen molar-refractivity contribution in [1.29, 1.82) is 0 Å². The smallest absolute Gasteiger partial charge is 0.0409 e. The molecule has 0 aliphatic heterocycles. The standard InChI is InChI=1S/C13H21NS/c1-4-5-11-6-8-12(9-7-11)13(14-2)10-15-3/h6-9,13-14H,4-5,10H2,1-3H3. The van der Waals surface area contributed by atoms with Gasteiger partial charge in [-0.25, -0.2) is 0 Å². The lowest BCUT2D eigenvalue weighted by atomic mass is 10.0. The van der Waals surface area contributed by atoms with E-state index in [1.165, 1.54) is 24.0 Å². The second kappa shape index (κ2) is 6.91. The second-order valence-corrected chi connectivity index (χ2v) is 4.70. The van der Waals surface area contributed by atoms with E-state index in [-0.39, 0.29) is 0 Å². The molecule has 1 aromatic rings. The summed E-state index contributed by atoms with van der Waals surface area (Å²) in [5.74, 6) is 1.13. The Hall–Kier alpha value is -0.470. The zero-order valence-corrected chi connectivity index (χ0v) is 10.7. The first-order valence-electron chi connectivity index (χ1n) is 5.56. The molecule has 0 aromatic heterocycles. The normalized spacial score (nSPS) is 12.7. The van der Waals surface area contributed by atoms with E-state index in [1.54, 1.807) is 0 Å². The molecule has 0 fully saturated rings. The fourth-order valence-electron chi connectivity index (χ4n) is 1.72. The first kappa shape index (κ1) is 12.6. The molecule has 0 amide bonds. The summed E-state index contributed by atoms with van der Waals surface area (Å²) < 4.78 is 0. The molecule has 1 unspecified atom stereocenters. The van der Waals surface area contributed by atoms with Crippen LogP contribution >= 0.6 is 11.8 Å². The molecule has 84 valence electrons. The lowest BCUT2D eigenvalue weighted by Crippen LogP contribution is -2.18. The van der Waals surface area contributed by atoms with Crippen molar-refractivity contribution in [3.63, 3.8) is 0 Å². The molecule has 1 aromatic carbocycles. The summed E-state index contributed by atoms with van der Waals surface area (Å²) in [6.07, 6.45) is 4.56. The van der Waals surface area contributed by atoms with Crippen LogP contribution in [-0.2, 0) is 6.42 Å². The Labute approximate surface area is 97.7 Å². The van der Waals surface area contributed by atoms with Crippen molar-refractivity contribution in [3.05, 3.63) is 35.4 Å². The lowest BCUT2D eigenvalue weighted by molar-refractivity contribution is 0.662. The maximum Gasteiger partial charge on any atom is 0.0409 e. The van der Waals surface area contributed by atoms with Crippen LogP contribution in [0.5, 0.6) is 0 Å². The highest BCUT2D eigenvalue weighted by atomic mass is 32.2. The van der Waals surface area contributed by atoms with E-state index in [9.17, 15) is 0 Å². The van der Waals surface area contributed by atoms with Crippen LogP contribution in [-0.4, -0.2) is 19.1 Å². The van der Waals surface area contributed by atoms with Crippen LogP contribution in [0.3, 0.4) is 0 Å². The third-order valence-corrected chi connectivity index (χ3v) is 3.27. The van der Waals surface area contributed by atoms with E-state index in [1.807, 2.05) is 18.8 Å². The van der Waals surface area contributed by atoms with Gasteiger partial charge in [0.25, 0.3) is 0 Å². The summed E-state index contributed by atoms with van der Waals surface area (Å²) in [5.41, 5.74) is 2.84. The van der Waals surface area contributed by atoms with E-state index in [2.05, 4.69) is 42.8 Å². The van der Waals surface area contributed by atoms with Gasteiger partial charge in [-0.2, -0.15) is 11.8 Å². The van der Waals surface area contributed by atoms with E-state index in [0.717, 1.165) is 5.75 Å². The van der Waals surface area contributed by atoms with Gasteiger partial charge < -0.3 is 5.32 Å². The molecule has 0 aliphatic rings. The second-order valence-electron chi connectivity index (χ2n) is 3.79. The van der Waals surface area contributed by atoms with Crippen molar-refractivity contribution in [2.24, 2.45) is 0 Å². The quantitative estimate of drug-likeness (QED) is 0.794. The SMILES string of the molecule is CCCc1ccc(C(CSC)NC)cc1. The number of hydrogen-bond acceptors (Lipinski definition) is 2. The van der Waals surface area contributed by atoms with Gasteiger partial charge in [0.05, 0.1) is 0 Å². The van der Waals surface area contributed by atoms with Crippen LogP contribution < -0.4 is 5.32 Å². The molecule has 1 N–H and O–H groups in total. The van der Waals surface area contributed by atoms with Crippen molar-refractivity contribution in [2.75, 3.05) is 19.1 Å². The average Bonchev–Trinajstić information content (AvgIpc) is 2.28. The zero-order chi connectivity index (χ0) is 11.1. The molecule has 0 spiro atoms. The predicted molar refractivity (Wildman–Crippen MR) is 70.6 cm³/mol. The molecule has 1 atom stereocenters. The summed E-state index contributed by atoms with van der Waals surface area (Å²) in [7, 11) is 2.03. The summed E-state index contributed by atoms with van der Waals surface area (Å²) >= 11 is 1.88. The largest absolute Gasteiger partial charge is 0.312 e. The number of rotatable bonds is 6. The zero-order valence-electron chi connectivity index (χ0n) is 9.92. The average molecular weight is 223 g/mol. The molecule has 0 heterocycles. The third-order valence-electron chi connectivity index (χ3n) is 2.60. The molecular formula is C13H21NS. The van der Waals surface area contributed by atoms with Crippen molar-refractivity contribution >= 4 is 11.8 Å². The lowest BCUT2D eigenvalue weighted by Gasteiger charge is -2.15. The Morgan fingerprint density at radius 1 is 1.27 bits per heavy atom. The minimum absolute atomic E-state index is 0.482. The van der Waals surface area contributed by atoms with Gasteiger partial charge in [0.2, 0.25) is 0 Å². The van der Waals surface area contributed by atoms with Gasteiger partial charge >= 0.3 is 0 Å². The highest BCUT2D eigenvalue weighted by molar-refractivity contribution is 7.98. The highest BCUT2D eigenvalue weighted by Gasteiger charge is 2.07. The van der Waals surface area contributed by atoms with E-state index >= 15 is 0 Å². The van der Waals surface area contributed by atoms with Gasteiger partial charge in [0, 0.05) is 11.8 Å². The Balaban J connectivity index is 2.68. The van der Waals surface area contributed by atoms with Crippen LogP contribution in [0.1, 0.15) is 30.5 Å². The van der Waals surface area contributed by atoms with Crippen LogP contribution in [0.25, 0.3) is 0 Å². The Kier molecular flexibility index (Phi) is 5.81. The van der Waals surface area contributed by atoms with Crippen LogP contribution in [0.2, 0.25) is 0 Å². The number of aryl methyl sites for hydroxylation is 1. The number of hydrogen-bond donors (Lipinski definition) is 1. The molecule has 2 heteroatoms. The minimum Gasteiger partial charge on any atom is -0.312 e. The highest BCUT2D eigenvalue weighted by Crippen LogP contribution is 2.17. The molecule has 15 heavy (non-hydrogen) atoms. The molecule has 0 saturated heterocycles. The van der Waals surface area contributed by atoms with E-state index in [4.69, 9.17) is 0 Å². The molecule has 1 rings (SSSR count). The third kappa shape index (κ3) is 3.88. The predicted octanol–water partition coefficient (Wildman–Crippen LogP) is 3.26. The Morgan fingerprint density at radius 3 is 2.40 bits per heavy atom. The monoisotopic (exact) mass is 223 g/mol. The summed E-state index contributed by atoms with van der Waals surface area (Å²) in [6.45, 7) is 2.22. The van der Waals surface area contributed by atoms with Crippen LogP contribution in [0.15, 0.2) is 24.3 Å². The van der Waals surface area contributed by atoms with Crippen molar-refractivity contribution in [3.8, 4) is 0 Å². The summed E-state index contributed by atoms with van der Waals surface area (Å²) in [5, 5.41) is 3.35. The maximum absolute atomic E-state index is 3.35. The molecule has 0 saturated carbocycles. The van der Waals surface area contributed by atoms with Crippen molar-refractivity contribution < 1.29 is 0 Å². The fraction of sp³-hybridized carbons (Fsp3) is 0.538. The Bertz CT molecular complexity index is 268. The maximum atomic E-state index is 3.35. The van der Waals surface area contributed by atoms with Crippen LogP contribution in [0.4, 0.5) is 0 Å². The van der Waals surface area contributed by atoms with Crippen LogP contribution in [0, 0.1) is 0 Å². The first-order valence-corrected chi connectivity index (χ1v) is 6.96. The molecule has 0 bridgehead atoms. The van der Waals surface area contributed by atoms with Gasteiger partial charge in [0.15, 0.2) is 0 Å². The molecule has 0 radical (unpaired) electrons. The number of benzene rings is 1. The summed E-state index contributed by atoms with van der Waals surface area (Å²) in [4.78, 5) is 0. The summed E-state index contributed by atoms with van der Waals surface area (Å²) in [6, 6.07) is 9.49. The van der Waals surface area contributed by atoms with Crippen molar-refractivity contribution in [2.45, 2.75) is 25.8 Å². The van der Waals surface area contributed by atoms with Gasteiger partial charge in [-0.3, -0.25) is 0 Å². The van der Waals surface area contributed by atoms with Gasteiger partial charge in [-0.15, -0.1) is 0 Å². The number of thioether (sulfide) groups is 1. The van der Waals surface area contributed by atoms with Crippen molar-refractivity contribution in [1.82, 2.24) is 5.32 Å². The molecular weight excluding hydrogens is 202 g/mol. The topological polar surface area (TPSA) is 12.0 Å². The molecule has 1 nitrogen and oxygen atoms in total. The minimum atomic E-state index is 0.482. The first-order chi connectivity index (χ1) is 7.31. The van der Waals surface area contributed by atoms with E-state index in [0.29, 0.717) is 6.04 Å². The van der Waals surface area contributed by atoms with E-state index < -0.39 is 0 Å². The molecule has 0 aliphatic carbocycles. The Morgan fingerprint density at radius 2 is 1.93 bits per heavy atom. The van der Waals surface area contributed by atoms with Gasteiger partial charge in [-0.1, -0.05) is 37.6 Å².